The molecule has 4 rings (SSSR count). The summed E-state index contributed by atoms with van der Waals surface area (Å²) in [7, 11) is 0. The number of carbonyl (C=O) groups is 1. The Morgan fingerprint density at radius 1 is 1.12 bits per heavy atom. The van der Waals surface area contributed by atoms with Gasteiger partial charge in [-0.05, 0) is 35.7 Å². The van der Waals surface area contributed by atoms with Crippen LogP contribution in [0.5, 0.6) is 0 Å². The quantitative estimate of drug-likeness (QED) is 0.588. The Hall–Kier alpha value is -2.76. The molecule has 2 aromatic heterocycles. The lowest BCUT2D eigenvalue weighted by molar-refractivity contribution is 0.0919. The first kappa shape index (κ1) is 15.7. The highest BCUT2D eigenvalue weighted by Gasteiger charge is 2.15. The monoisotopic (exact) mass is 348 g/mol. The molecule has 0 radical (unpaired) electrons. The highest BCUT2D eigenvalue weighted by atomic mass is 32.1. The van der Waals surface area contributed by atoms with Crippen LogP contribution < -0.4 is 5.32 Å². The number of hydrogen-bond acceptors (Lipinski definition) is 4. The summed E-state index contributed by atoms with van der Waals surface area (Å²) in [5.41, 5.74) is 1.34. The number of aliphatic hydroxyl groups excluding tert-OH is 1. The number of pyridine rings is 1. The molecule has 0 fully saturated rings. The molecule has 0 spiro atoms. The number of amides is 1. The van der Waals surface area contributed by atoms with Crippen LogP contribution >= 0.6 is 11.3 Å². The first-order valence-corrected chi connectivity index (χ1v) is 8.82. The molecule has 0 aliphatic carbocycles. The van der Waals surface area contributed by atoms with E-state index < -0.39 is 6.10 Å². The van der Waals surface area contributed by atoms with Gasteiger partial charge in [-0.1, -0.05) is 30.3 Å². The minimum Gasteiger partial charge on any atom is -0.386 e. The molecule has 0 saturated heterocycles. The molecular formula is C20H16N2O2S. The van der Waals surface area contributed by atoms with E-state index in [2.05, 4.69) is 10.3 Å². The van der Waals surface area contributed by atoms with Crippen LogP contribution in [0.2, 0.25) is 0 Å². The minimum atomic E-state index is -0.727. The molecular weight excluding hydrogens is 332 g/mol. The number of benzene rings is 2. The van der Waals surface area contributed by atoms with Crippen LogP contribution in [0.3, 0.4) is 0 Å². The van der Waals surface area contributed by atoms with E-state index in [1.54, 1.807) is 23.6 Å². The summed E-state index contributed by atoms with van der Waals surface area (Å²) in [6.07, 6.45) is 0.976. The SMILES string of the molecule is O=C(NCC(O)c1cc2ccccc2s1)c1cccc2ncccc12. The zero-order valence-electron chi connectivity index (χ0n) is 13.3. The van der Waals surface area contributed by atoms with E-state index in [1.807, 2.05) is 54.6 Å². The maximum absolute atomic E-state index is 12.5. The van der Waals surface area contributed by atoms with Crippen molar-refractivity contribution in [2.45, 2.75) is 6.10 Å². The number of rotatable bonds is 4. The van der Waals surface area contributed by atoms with E-state index >= 15 is 0 Å². The van der Waals surface area contributed by atoms with Crippen molar-refractivity contribution in [3.05, 3.63) is 77.3 Å². The zero-order valence-corrected chi connectivity index (χ0v) is 14.2. The average molecular weight is 348 g/mol. The predicted octanol–water partition coefficient (Wildman–Crippen LogP) is 3.91. The summed E-state index contributed by atoms with van der Waals surface area (Å²) in [6.45, 7) is 0.169. The molecule has 124 valence electrons. The Morgan fingerprint density at radius 2 is 2.00 bits per heavy atom. The van der Waals surface area contributed by atoms with Gasteiger partial charge in [0.25, 0.3) is 5.91 Å². The average Bonchev–Trinajstić information content (AvgIpc) is 3.09. The van der Waals surface area contributed by atoms with Gasteiger partial charge in [-0.3, -0.25) is 9.78 Å². The fourth-order valence-corrected chi connectivity index (χ4v) is 3.90. The van der Waals surface area contributed by atoms with Crippen LogP contribution in [-0.4, -0.2) is 22.5 Å². The lowest BCUT2D eigenvalue weighted by Crippen LogP contribution is -2.28. The third-order valence-corrected chi connectivity index (χ3v) is 5.34. The van der Waals surface area contributed by atoms with Crippen LogP contribution in [0.1, 0.15) is 21.3 Å². The molecule has 1 unspecified atom stereocenters. The molecule has 2 heterocycles. The molecule has 1 atom stereocenters. The number of thiophene rings is 1. The summed E-state index contributed by atoms with van der Waals surface area (Å²) in [6, 6.07) is 19.1. The summed E-state index contributed by atoms with van der Waals surface area (Å²) in [5.74, 6) is -0.209. The molecule has 2 N–H and O–H groups in total. The Balaban J connectivity index is 1.51. The van der Waals surface area contributed by atoms with Gasteiger partial charge in [0.05, 0.1) is 5.52 Å². The van der Waals surface area contributed by atoms with Gasteiger partial charge >= 0.3 is 0 Å². The van der Waals surface area contributed by atoms with Crippen LogP contribution in [0, 0.1) is 0 Å². The topological polar surface area (TPSA) is 62.2 Å². The third kappa shape index (κ3) is 3.12. The smallest absolute Gasteiger partial charge is 0.252 e. The molecule has 0 saturated carbocycles. The van der Waals surface area contributed by atoms with Crippen molar-refractivity contribution in [2.24, 2.45) is 0 Å². The van der Waals surface area contributed by atoms with E-state index in [1.165, 1.54) is 0 Å². The Labute approximate surface area is 148 Å². The maximum atomic E-state index is 12.5. The fourth-order valence-electron chi connectivity index (χ4n) is 2.85. The summed E-state index contributed by atoms with van der Waals surface area (Å²) in [4.78, 5) is 17.6. The standard InChI is InChI=1S/C20H16N2O2S/c23-17(19-11-13-5-1-2-9-18(13)25-19)12-22-20(24)15-6-3-8-16-14(15)7-4-10-21-16/h1-11,17,23H,12H2,(H,22,24). The normalized spacial score (nSPS) is 12.4. The molecule has 0 aliphatic heterocycles. The van der Waals surface area contributed by atoms with E-state index in [0.29, 0.717) is 5.56 Å². The van der Waals surface area contributed by atoms with Gasteiger partial charge in [0, 0.05) is 33.3 Å². The van der Waals surface area contributed by atoms with Crippen LogP contribution in [-0.2, 0) is 0 Å². The summed E-state index contributed by atoms with van der Waals surface area (Å²) < 4.78 is 1.13. The number of nitrogens with one attached hydrogen (secondary N) is 1. The second kappa shape index (κ2) is 6.63. The van der Waals surface area contributed by atoms with Gasteiger partial charge in [0.15, 0.2) is 0 Å². The van der Waals surface area contributed by atoms with Gasteiger partial charge in [0.2, 0.25) is 0 Å². The molecule has 0 aliphatic rings. The van der Waals surface area contributed by atoms with Gasteiger partial charge in [0.1, 0.15) is 6.10 Å². The molecule has 2 aromatic carbocycles. The fraction of sp³-hybridized carbons (Fsp3) is 0.100. The van der Waals surface area contributed by atoms with Crippen molar-refractivity contribution in [1.82, 2.24) is 10.3 Å². The van der Waals surface area contributed by atoms with Crippen molar-refractivity contribution in [3.63, 3.8) is 0 Å². The molecule has 5 heteroatoms. The predicted molar refractivity (Wildman–Crippen MR) is 101 cm³/mol. The molecule has 1 amide bonds. The third-order valence-electron chi connectivity index (χ3n) is 4.12. The highest BCUT2D eigenvalue weighted by molar-refractivity contribution is 7.19. The number of carbonyl (C=O) groups excluding carboxylic acids is 1. The van der Waals surface area contributed by atoms with E-state index in [0.717, 1.165) is 25.9 Å². The Morgan fingerprint density at radius 3 is 2.88 bits per heavy atom. The van der Waals surface area contributed by atoms with Crippen molar-refractivity contribution in [1.29, 1.82) is 0 Å². The number of fused-ring (bicyclic) bond motifs is 2. The molecule has 4 nitrogen and oxygen atoms in total. The van der Waals surface area contributed by atoms with Crippen LogP contribution in [0.25, 0.3) is 21.0 Å². The Kier molecular flexibility index (Phi) is 4.17. The summed E-state index contributed by atoms with van der Waals surface area (Å²) in [5, 5.41) is 15.1. The van der Waals surface area contributed by atoms with Crippen molar-refractivity contribution >= 4 is 38.2 Å². The second-order valence-corrected chi connectivity index (χ2v) is 6.90. The first-order valence-electron chi connectivity index (χ1n) is 8.01. The lowest BCUT2D eigenvalue weighted by atomic mass is 10.1. The maximum Gasteiger partial charge on any atom is 0.252 e. The lowest BCUT2D eigenvalue weighted by Gasteiger charge is -2.11. The molecule has 25 heavy (non-hydrogen) atoms. The minimum absolute atomic E-state index is 0.169. The van der Waals surface area contributed by atoms with E-state index in [9.17, 15) is 9.90 Å². The van der Waals surface area contributed by atoms with Gasteiger partial charge < -0.3 is 10.4 Å². The molecule has 4 aromatic rings. The van der Waals surface area contributed by atoms with Crippen molar-refractivity contribution < 1.29 is 9.90 Å². The zero-order chi connectivity index (χ0) is 17.2. The number of hydrogen-bond donors (Lipinski definition) is 2. The highest BCUT2D eigenvalue weighted by Crippen LogP contribution is 2.29. The van der Waals surface area contributed by atoms with Crippen molar-refractivity contribution in [2.75, 3.05) is 6.54 Å². The second-order valence-electron chi connectivity index (χ2n) is 5.79. The number of aromatic nitrogens is 1. The number of nitrogens with zero attached hydrogens (tertiary/aromatic N) is 1. The molecule has 0 bridgehead atoms. The first-order chi connectivity index (χ1) is 12.2. The summed E-state index contributed by atoms with van der Waals surface area (Å²) >= 11 is 1.54. The van der Waals surface area contributed by atoms with Gasteiger partial charge in [-0.2, -0.15) is 0 Å². The van der Waals surface area contributed by atoms with Crippen LogP contribution in [0.15, 0.2) is 66.9 Å². The van der Waals surface area contributed by atoms with Crippen molar-refractivity contribution in [3.8, 4) is 0 Å². The van der Waals surface area contributed by atoms with Gasteiger partial charge in [-0.15, -0.1) is 11.3 Å². The van der Waals surface area contributed by atoms with Crippen LogP contribution in [0.4, 0.5) is 0 Å². The van der Waals surface area contributed by atoms with E-state index in [4.69, 9.17) is 0 Å². The largest absolute Gasteiger partial charge is 0.386 e. The Bertz CT molecular complexity index is 1020. The van der Waals surface area contributed by atoms with E-state index in [-0.39, 0.29) is 12.5 Å². The van der Waals surface area contributed by atoms with Gasteiger partial charge in [-0.25, -0.2) is 0 Å². The number of aliphatic hydroxyl groups is 1.